The maximum absolute atomic E-state index is 13.9. The first-order chi connectivity index (χ1) is 15.3. The van der Waals surface area contributed by atoms with Gasteiger partial charge >= 0.3 is 0 Å². The van der Waals surface area contributed by atoms with E-state index in [1.165, 1.54) is 6.07 Å². The van der Waals surface area contributed by atoms with Crippen molar-refractivity contribution in [2.24, 2.45) is 4.99 Å². The van der Waals surface area contributed by atoms with Crippen LogP contribution in [0.2, 0.25) is 0 Å². The molecule has 0 bridgehead atoms. The average molecular weight is 574 g/mol. The van der Waals surface area contributed by atoms with Gasteiger partial charge in [-0.2, -0.15) is 0 Å². The number of nitrogens with zero attached hydrogens (tertiary/aromatic N) is 2. The minimum Gasteiger partial charge on any atom is -0.466 e. The molecule has 1 saturated heterocycles. The summed E-state index contributed by atoms with van der Waals surface area (Å²) in [6.45, 7) is 11.7. The van der Waals surface area contributed by atoms with E-state index in [0.29, 0.717) is 38.0 Å². The third-order valence-electron chi connectivity index (χ3n) is 5.69. The van der Waals surface area contributed by atoms with E-state index in [9.17, 15) is 9.50 Å². The van der Waals surface area contributed by atoms with Crippen molar-refractivity contribution in [3.05, 3.63) is 58.8 Å². The molecular formula is C24H36FIN4O3. The van der Waals surface area contributed by atoms with Crippen molar-refractivity contribution in [2.45, 2.75) is 39.3 Å². The van der Waals surface area contributed by atoms with E-state index in [1.54, 1.807) is 19.1 Å². The second-order valence-corrected chi connectivity index (χ2v) is 8.40. The number of aliphatic imine (C=N–C) groups is 1. The van der Waals surface area contributed by atoms with E-state index >= 15 is 0 Å². The molecule has 184 valence electrons. The number of furan rings is 1. The number of hydrogen-bond acceptors (Lipinski definition) is 5. The van der Waals surface area contributed by atoms with Gasteiger partial charge in [-0.3, -0.25) is 4.90 Å². The van der Waals surface area contributed by atoms with Crippen LogP contribution in [0.4, 0.5) is 4.39 Å². The van der Waals surface area contributed by atoms with Gasteiger partial charge in [0.1, 0.15) is 22.9 Å². The lowest BCUT2D eigenvalue weighted by Crippen LogP contribution is -2.46. The topological polar surface area (TPSA) is 82.3 Å². The van der Waals surface area contributed by atoms with E-state index in [0.717, 1.165) is 30.0 Å². The van der Waals surface area contributed by atoms with Gasteiger partial charge < -0.3 is 24.9 Å². The van der Waals surface area contributed by atoms with Crippen LogP contribution in [0.3, 0.4) is 0 Å². The number of nitrogens with one attached hydrogen (secondary N) is 2. The fourth-order valence-corrected chi connectivity index (χ4v) is 4.08. The Morgan fingerprint density at radius 1 is 1.24 bits per heavy atom. The Morgan fingerprint density at radius 2 is 1.97 bits per heavy atom. The van der Waals surface area contributed by atoms with Crippen LogP contribution in [-0.2, 0) is 10.3 Å². The highest BCUT2D eigenvalue weighted by Gasteiger charge is 2.28. The van der Waals surface area contributed by atoms with Crippen LogP contribution in [0, 0.1) is 19.7 Å². The lowest BCUT2D eigenvalue weighted by molar-refractivity contribution is 0.0169. The van der Waals surface area contributed by atoms with Crippen LogP contribution in [-0.4, -0.2) is 61.9 Å². The molecule has 2 unspecified atom stereocenters. The fraction of sp³-hybridized carbons (Fsp3) is 0.542. The van der Waals surface area contributed by atoms with E-state index < -0.39 is 5.60 Å². The van der Waals surface area contributed by atoms with E-state index in [-0.39, 0.29) is 42.4 Å². The van der Waals surface area contributed by atoms with Crippen LogP contribution in [0.25, 0.3) is 0 Å². The van der Waals surface area contributed by atoms with Crippen LogP contribution in [0.1, 0.15) is 42.5 Å². The normalized spacial score (nSPS) is 17.7. The van der Waals surface area contributed by atoms with Gasteiger partial charge in [0, 0.05) is 31.7 Å². The lowest BCUT2D eigenvalue weighted by Gasteiger charge is -2.35. The standard InChI is InChI=1S/C24H35FN4O3.HI/c1-5-26-23(28-16-24(4,30)21-13-17(2)32-18(21)3)27-15-22(29-9-11-31-12-10-29)19-7-6-8-20(25)14-19;/h6-8,13-14,22,30H,5,9-12,15-16H2,1-4H3,(H2,26,27,28);1H. The lowest BCUT2D eigenvalue weighted by atomic mass is 9.96. The first-order valence-electron chi connectivity index (χ1n) is 11.2. The van der Waals surface area contributed by atoms with Gasteiger partial charge in [-0.15, -0.1) is 24.0 Å². The summed E-state index contributed by atoms with van der Waals surface area (Å²) in [6.07, 6.45) is 0. The molecule has 0 radical (unpaired) electrons. The van der Waals surface area contributed by atoms with Gasteiger partial charge in [0.15, 0.2) is 5.96 Å². The summed E-state index contributed by atoms with van der Waals surface area (Å²) in [5, 5.41) is 17.6. The number of benzene rings is 1. The summed E-state index contributed by atoms with van der Waals surface area (Å²) in [5.74, 6) is 1.80. The summed E-state index contributed by atoms with van der Waals surface area (Å²) >= 11 is 0. The number of rotatable bonds is 8. The van der Waals surface area contributed by atoms with Gasteiger partial charge in [0.05, 0.1) is 25.8 Å². The third-order valence-corrected chi connectivity index (χ3v) is 5.69. The highest BCUT2D eigenvalue weighted by Crippen LogP contribution is 2.27. The van der Waals surface area contributed by atoms with E-state index in [4.69, 9.17) is 9.15 Å². The van der Waals surface area contributed by atoms with E-state index in [1.807, 2.05) is 32.9 Å². The Bertz CT molecular complexity index is 913. The molecule has 1 aromatic heterocycles. The van der Waals surface area contributed by atoms with Crippen molar-refractivity contribution >= 4 is 29.9 Å². The molecule has 7 nitrogen and oxygen atoms in total. The highest BCUT2D eigenvalue weighted by molar-refractivity contribution is 14.0. The first kappa shape index (κ1) is 27.6. The minimum atomic E-state index is -1.16. The number of aryl methyl sites for hydroxylation is 2. The first-order valence-corrected chi connectivity index (χ1v) is 11.2. The molecule has 3 rings (SSSR count). The van der Waals surface area contributed by atoms with Crippen molar-refractivity contribution in [3.63, 3.8) is 0 Å². The van der Waals surface area contributed by atoms with Crippen molar-refractivity contribution in [1.82, 2.24) is 15.5 Å². The molecule has 2 aromatic rings. The predicted octanol–water partition coefficient (Wildman–Crippen LogP) is 3.49. The van der Waals surface area contributed by atoms with E-state index in [2.05, 4.69) is 20.5 Å². The SMILES string of the molecule is CCNC(=NCC(C)(O)c1cc(C)oc1C)NCC(c1cccc(F)c1)N1CCOCC1.I. The zero-order valence-electron chi connectivity index (χ0n) is 19.9. The Morgan fingerprint density at radius 3 is 2.58 bits per heavy atom. The summed E-state index contributed by atoms with van der Waals surface area (Å²) in [7, 11) is 0. The maximum atomic E-state index is 13.9. The molecule has 2 heterocycles. The number of guanidine groups is 1. The van der Waals surface area contributed by atoms with Gasteiger partial charge in [0.2, 0.25) is 0 Å². The van der Waals surface area contributed by atoms with Gasteiger partial charge in [-0.1, -0.05) is 12.1 Å². The van der Waals surface area contributed by atoms with Gasteiger partial charge in [0.25, 0.3) is 0 Å². The summed E-state index contributed by atoms with van der Waals surface area (Å²) in [4.78, 5) is 6.92. The average Bonchev–Trinajstić information content (AvgIpc) is 3.12. The predicted molar refractivity (Wildman–Crippen MR) is 139 cm³/mol. The maximum Gasteiger partial charge on any atom is 0.191 e. The summed E-state index contributed by atoms with van der Waals surface area (Å²) in [6, 6.07) is 8.55. The Hall–Kier alpha value is -1.69. The highest BCUT2D eigenvalue weighted by atomic mass is 127. The minimum absolute atomic E-state index is 0. The van der Waals surface area contributed by atoms with Crippen molar-refractivity contribution < 1.29 is 18.7 Å². The second kappa shape index (κ2) is 12.7. The Labute approximate surface area is 212 Å². The van der Waals surface area contributed by atoms with Crippen molar-refractivity contribution in [3.8, 4) is 0 Å². The number of morpholine rings is 1. The van der Waals surface area contributed by atoms with Gasteiger partial charge in [-0.05, 0) is 51.5 Å². The zero-order chi connectivity index (χ0) is 23.1. The monoisotopic (exact) mass is 574 g/mol. The molecular weight excluding hydrogens is 538 g/mol. The second-order valence-electron chi connectivity index (χ2n) is 8.40. The van der Waals surface area contributed by atoms with Crippen LogP contribution in [0.15, 0.2) is 39.7 Å². The van der Waals surface area contributed by atoms with Crippen LogP contribution < -0.4 is 10.6 Å². The Kier molecular flexibility index (Phi) is 10.6. The quantitative estimate of drug-likeness (QED) is 0.255. The molecule has 1 aliphatic heterocycles. The van der Waals surface area contributed by atoms with Crippen LogP contribution >= 0.6 is 24.0 Å². The number of ether oxygens (including phenoxy) is 1. The summed E-state index contributed by atoms with van der Waals surface area (Å²) in [5.41, 5.74) is 0.489. The molecule has 0 saturated carbocycles. The molecule has 9 heteroatoms. The number of hydrogen-bond donors (Lipinski definition) is 3. The number of halogens is 2. The number of aliphatic hydroxyl groups is 1. The smallest absolute Gasteiger partial charge is 0.191 e. The van der Waals surface area contributed by atoms with Crippen LogP contribution in [0.5, 0.6) is 0 Å². The molecule has 1 aromatic carbocycles. The molecule has 0 amide bonds. The fourth-order valence-electron chi connectivity index (χ4n) is 4.08. The van der Waals surface area contributed by atoms with Crippen molar-refractivity contribution in [1.29, 1.82) is 0 Å². The molecule has 0 spiro atoms. The molecule has 33 heavy (non-hydrogen) atoms. The molecule has 1 aliphatic rings. The summed E-state index contributed by atoms with van der Waals surface area (Å²) < 4.78 is 25.0. The molecule has 2 atom stereocenters. The largest absolute Gasteiger partial charge is 0.466 e. The molecule has 1 fully saturated rings. The van der Waals surface area contributed by atoms with Gasteiger partial charge in [-0.25, -0.2) is 9.38 Å². The van der Waals surface area contributed by atoms with Crippen molar-refractivity contribution in [2.75, 3.05) is 45.9 Å². The zero-order valence-corrected chi connectivity index (χ0v) is 22.2. The Balaban J connectivity index is 0.00000385. The molecule has 0 aliphatic carbocycles. The third kappa shape index (κ3) is 7.66. The molecule has 3 N–H and O–H groups in total.